The molecule has 1 saturated heterocycles. The fourth-order valence-electron chi connectivity index (χ4n) is 4.24. The van der Waals surface area contributed by atoms with E-state index in [4.69, 9.17) is 23.2 Å². The van der Waals surface area contributed by atoms with Gasteiger partial charge in [-0.25, -0.2) is 0 Å². The monoisotopic (exact) mass is 529 g/mol. The van der Waals surface area contributed by atoms with Crippen molar-refractivity contribution >= 4 is 51.4 Å². The van der Waals surface area contributed by atoms with Gasteiger partial charge in [0.1, 0.15) is 0 Å². The topological polar surface area (TPSA) is 70.6 Å². The minimum Gasteiger partial charge on any atom is -0.365 e. The Labute approximate surface area is 217 Å². The fraction of sp³-hybridized carbons (Fsp3) is 0.269. The fourth-order valence-corrected chi connectivity index (χ4v) is 5.92. The molecule has 0 spiro atoms. The Morgan fingerprint density at radius 2 is 1.80 bits per heavy atom. The Hall–Kier alpha value is -2.74. The molecule has 0 bridgehead atoms. The molecule has 1 fully saturated rings. The van der Waals surface area contributed by atoms with E-state index in [1.807, 2.05) is 36.1 Å². The number of hydrogen-bond acceptors (Lipinski definition) is 5. The molecule has 1 amide bonds. The molecular weight excluding hydrogens is 505 g/mol. The van der Waals surface area contributed by atoms with E-state index in [9.17, 15) is 13.8 Å². The number of piperazine rings is 1. The number of anilines is 1. The summed E-state index contributed by atoms with van der Waals surface area (Å²) in [5.41, 5.74) is 1.84. The summed E-state index contributed by atoms with van der Waals surface area (Å²) in [6, 6.07) is 15.7. The lowest BCUT2D eigenvalue weighted by atomic mass is 10.0. The number of rotatable bonds is 6. The van der Waals surface area contributed by atoms with Crippen LogP contribution < -0.4 is 4.90 Å². The second-order valence-electron chi connectivity index (χ2n) is 8.45. The first-order chi connectivity index (χ1) is 16.8. The van der Waals surface area contributed by atoms with Crippen LogP contribution in [0.15, 0.2) is 71.9 Å². The molecule has 1 aliphatic rings. The van der Waals surface area contributed by atoms with Gasteiger partial charge in [0.2, 0.25) is 0 Å². The van der Waals surface area contributed by atoms with Gasteiger partial charge in [0.15, 0.2) is 5.78 Å². The van der Waals surface area contributed by atoms with Gasteiger partial charge in [-0.05, 0) is 62.4 Å². The molecule has 6 nitrogen and oxygen atoms in total. The first-order valence-corrected chi connectivity index (χ1v) is 13.3. The lowest BCUT2D eigenvalue weighted by molar-refractivity contribution is 0.0634. The van der Waals surface area contributed by atoms with E-state index in [0.29, 0.717) is 34.1 Å². The zero-order valence-electron chi connectivity index (χ0n) is 19.4. The summed E-state index contributed by atoms with van der Waals surface area (Å²) in [7, 11) is -1.64. The largest absolute Gasteiger partial charge is 0.365 e. The molecule has 1 aromatic heterocycles. The zero-order valence-corrected chi connectivity index (χ0v) is 21.7. The molecular formula is C26H25Cl2N3O3S. The average Bonchev–Trinajstić information content (AvgIpc) is 2.85. The van der Waals surface area contributed by atoms with Crippen LogP contribution in [-0.4, -0.2) is 56.7 Å². The van der Waals surface area contributed by atoms with Crippen LogP contribution in [0.1, 0.15) is 34.6 Å². The van der Waals surface area contributed by atoms with Crippen LogP contribution in [0.2, 0.25) is 10.0 Å². The maximum Gasteiger partial charge on any atom is 0.254 e. The third kappa shape index (κ3) is 5.58. The zero-order chi connectivity index (χ0) is 25.1. The quantitative estimate of drug-likeness (QED) is 0.414. The lowest BCUT2D eigenvalue weighted by Crippen LogP contribution is -2.59. The molecule has 2 heterocycles. The molecule has 4 rings (SSSR count). The van der Waals surface area contributed by atoms with Crippen molar-refractivity contribution < 1.29 is 13.8 Å². The number of ketones is 1. The van der Waals surface area contributed by atoms with E-state index in [-0.39, 0.29) is 34.5 Å². The molecule has 0 radical (unpaired) electrons. The SMILES string of the molecule is CC1[C@H](C)N(C(=O)c2ccc(S(=O)CC(=O)c3cccnc3)c(Cl)c2)CCN1c1cccc(Cl)c1. The van der Waals surface area contributed by atoms with Crippen LogP contribution in [-0.2, 0) is 10.8 Å². The normalized spacial score (nSPS) is 18.9. The van der Waals surface area contributed by atoms with E-state index < -0.39 is 10.8 Å². The van der Waals surface area contributed by atoms with E-state index in [1.165, 1.54) is 12.3 Å². The number of pyridine rings is 1. The molecule has 0 saturated carbocycles. The van der Waals surface area contributed by atoms with Gasteiger partial charge in [-0.2, -0.15) is 0 Å². The summed E-state index contributed by atoms with van der Waals surface area (Å²) in [6.07, 6.45) is 3.01. The van der Waals surface area contributed by atoms with Gasteiger partial charge in [0, 0.05) is 59.4 Å². The first kappa shape index (κ1) is 25.4. The number of carbonyl (C=O) groups excluding carboxylic acids is 2. The van der Waals surface area contributed by atoms with Crippen molar-refractivity contribution in [3.8, 4) is 0 Å². The van der Waals surface area contributed by atoms with Gasteiger partial charge < -0.3 is 9.80 Å². The first-order valence-electron chi connectivity index (χ1n) is 11.2. The predicted octanol–water partition coefficient (Wildman–Crippen LogP) is 5.12. The van der Waals surface area contributed by atoms with Crippen molar-refractivity contribution in [2.45, 2.75) is 30.8 Å². The van der Waals surface area contributed by atoms with Crippen LogP contribution in [0.25, 0.3) is 0 Å². The van der Waals surface area contributed by atoms with Crippen molar-refractivity contribution in [3.63, 3.8) is 0 Å². The molecule has 9 heteroatoms. The Morgan fingerprint density at radius 3 is 2.49 bits per heavy atom. The third-order valence-electron chi connectivity index (χ3n) is 6.33. The van der Waals surface area contributed by atoms with Crippen LogP contribution in [0.5, 0.6) is 0 Å². The van der Waals surface area contributed by atoms with Gasteiger partial charge in [-0.3, -0.25) is 18.8 Å². The molecule has 35 heavy (non-hydrogen) atoms. The Morgan fingerprint density at radius 1 is 1.00 bits per heavy atom. The Kier molecular flexibility index (Phi) is 7.89. The van der Waals surface area contributed by atoms with Gasteiger partial charge in [0.05, 0.1) is 26.5 Å². The van der Waals surface area contributed by atoms with Crippen LogP contribution >= 0.6 is 23.2 Å². The molecule has 1 aliphatic heterocycles. The number of nitrogens with zero attached hydrogens (tertiary/aromatic N) is 3. The minimum absolute atomic E-state index is 0.0556. The highest BCUT2D eigenvalue weighted by molar-refractivity contribution is 7.86. The summed E-state index contributed by atoms with van der Waals surface area (Å²) in [5.74, 6) is -0.632. The van der Waals surface area contributed by atoms with Crippen molar-refractivity contribution in [2.75, 3.05) is 23.7 Å². The van der Waals surface area contributed by atoms with Gasteiger partial charge in [-0.15, -0.1) is 0 Å². The summed E-state index contributed by atoms with van der Waals surface area (Å²) in [4.78, 5) is 34.1. The van der Waals surface area contributed by atoms with Crippen LogP contribution in [0.4, 0.5) is 5.69 Å². The van der Waals surface area contributed by atoms with E-state index in [1.54, 1.807) is 30.5 Å². The Bertz CT molecular complexity index is 1270. The predicted molar refractivity (Wildman–Crippen MR) is 140 cm³/mol. The lowest BCUT2D eigenvalue weighted by Gasteiger charge is -2.46. The average molecular weight is 530 g/mol. The summed E-state index contributed by atoms with van der Waals surface area (Å²) in [5, 5.41) is 0.876. The van der Waals surface area contributed by atoms with Crippen molar-refractivity contribution in [1.29, 1.82) is 0 Å². The minimum atomic E-state index is -1.64. The number of Topliss-reactive ketones (excluding diaryl/α,β-unsaturated/α-hetero) is 1. The van der Waals surface area contributed by atoms with Crippen molar-refractivity contribution in [3.05, 3.63) is 88.2 Å². The highest BCUT2D eigenvalue weighted by atomic mass is 35.5. The highest BCUT2D eigenvalue weighted by Crippen LogP contribution is 2.29. The van der Waals surface area contributed by atoms with E-state index in [0.717, 1.165) is 5.69 Å². The van der Waals surface area contributed by atoms with Crippen LogP contribution in [0, 0.1) is 0 Å². The number of carbonyl (C=O) groups is 2. The summed E-state index contributed by atoms with van der Waals surface area (Å²) < 4.78 is 12.8. The van der Waals surface area contributed by atoms with Crippen LogP contribution in [0.3, 0.4) is 0 Å². The highest BCUT2D eigenvalue weighted by Gasteiger charge is 2.34. The summed E-state index contributed by atoms with van der Waals surface area (Å²) in [6.45, 7) is 5.32. The smallest absolute Gasteiger partial charge is 0.254 e. The number of hydrogen-bond donors (Lipinski definition) is 0. The number of amides is 1. The molecule has 2 unspecified atom stereocenters. The molecule has 182 valence electrons. The number of aromatic nitrogens is 1. The standard InChI is InChI=1S/C26H25Cl2N3O3S/c1-17-18(2)31(12-11-30(17)22-7-3-6-21(27)14-22)26(33)19-8-9-25(23(28)13-19)35(34)16-24(32)20-5-4-10-29-15-20/h3-10,13-15,17-18H,11-12,16H2,1-2H3/t17?,18-,35?/m0/s1. The second-order valence-corrected chi connectivity index (χ2v) is 10.7. The Balaban J connectivity index is 1.46. The number of halogens is 2. The van der Waals surface area contributed by atoms with Crippen molar-refractivity contribution in [2.24, 2.45) is 0 Å². The maximum absolute atomic E-state index is 13.3. The summed E-state index contributed by atoms with van der Waals surface area (Å²) >= 11 is 12.6. The third-order valence-corrected chi connectivity index (χ3v) is 8.36. The number of benzene rings is 2. The van der Waals surface area contributed by atoms with Gasteiger partial charge in [0.25, 0.3) is 5.91 Å². The van der Waals surface area contributed by atoms with Crippen molar-refractivity contribution in [1.82, 2.24) is 9.88 Å². The van der Waals surface area contributed by atoms with E-state index in [2.05, 4.69) is 16.8 Å². The molecule has 0 N–H and O–H groups in total. The van der Waals surface area contributed by atoms with E-state index >= 15 is 0 Å². The molecule has 3 aromatic rings. The maximum atomic E-state index is 13.3. The molecule has 3 atom stereocenters. The second kappa shape index (κ2) is 10.9. The van der Waals surface area contributed by atoms with Gasteiger partial charge in [-0.1, -0.05) is 29.3 Å². The van der Waals surface area contributed by atoms with Gasteiger partial charge >= 0.3 is 0 Å². The molecule has 2 aromatic carbocycles. The molecule has 0 aliphatic carbocycles.